The highest BCUT2D eigenvalue weighted by Gasteiger charge is 1.90. The van der Waals surface area contributed by atoms with Gasteiger partial charge in [0.1, 0.15) is 0 Å². The molecule has 0 aromatic heterocycles. The van der Waals surface area contributed by atoms with Gasteiger partial charge in [-0.05, 0) is 12.8 Å². The van der Waals surface area contributed by atoms with Crippen molar-refractivity contribution in [3.63, 3.8) is 0 Å². The van der Waals surface area contributed by atoms with Crippen molar-refractivity contribution in [2.45, 2.75) is 64.7 Å². The van der Waals surface area contributed by atoms with E-state index in [-0.39, 0.29) is 0 Å². The molecule has 0 saturated heterocycles. The largest absolute Gasteiger partial charge is 0.478 e. The molecule has 2 nitrogen and oxygen atoms in total. The van der Waals surface area contributed by atoms with Gasteiger partial charge in [-0.1, -0.05) is 57.9 Å². The summed E-state index contributed by atoms with van der Waals surface area (Å²) in [5, 5.41) is 8.35. The maximum atomic E-state index is 10.1. The number of hydrogen-bond donors (Lipinski definition) is 1. The standard InChI is InChI=1S/C13H24O2/c1-2-3-4-5-6-7-8-9-10-11-12-13(14)15/h11-12H,2-10H2,1H3,(H,14,15). The maximum absolute atomic E-state index is 10.1. The Morgan fingerprint density at radius 3 is 2.07 bits per heavy atom. The van der Waals surface area contributed by atoms with E-state index in [0.29, 0.717) is 0 Å². The SMILES string of the molecule is CCCCCCCCCCC=CC(=O)O. The molecular formula is C13H24O2. The van der Waals surface area contributed by atoms with Crippen LogP contribution < -0.4 is 0 Å². The Hall–Kier alpha value is -0.790. The van der Waals surface area contributed by atoms with E-state index in [0.717, 1.165) is 12.8 Å². The zero-order valence-electron chi connectivity index (χ0n) is 9.87. The summed E-state index contributed by atoms with van der Waals surface area (Å²) < 4.78 is 0. The van der Waals surface area contributed by atoms with Crippen LogP contribution in [0.1, 0.15) is 64.7 Å². The van der Waals surface area contributed by atoms with E-state index >= 15 is 0 Å². The lowest BCUT2D eigenvalue weighted by Gasteiger charge is -1.99. The molecule has 0 aliphatic carbocycles. The lowest BCUT2D eigenvalue weighted by Crippen LogP contribution is -1.85. The summed E-state index contributed by atoms with van der Waals surface area (Å²) >= 11 is 0. The van der Waals surface area contributed by atoms with Gasteiger partial charge >= 0.3 is 5.97 Å². The number of rotatable bonds is 10. The topological polar surface area (TPSA) is 37.3 Å². The van der Waals surface area contributed by atoms with Crippen LogP contribution in [0.2, 0.25) is 0 Å². The van der Waals surface area contributed by atoms with Crippen LogP contribution in [0, 0.1) is 0 Å². The third-order valence-electron chi connectivity index (χ3n) is 2.48. The number of carboxylic acids is 1. The molecule has 15 heavy (non-hydrogen) atoms. The van der Waals surface area contributed by atoms with Gasteiger partial charge in [0.25, 0.3) is 0 Å². The van der Waals surface area contributed by atoms with Crippen molar-refractivity contribution in [2.24, 2.45) is 0 Å². The molecule has 88 valence electrons. The molecule has 0 fully saturated rings. The van der Waals surface area contributed by atoms with Crippen molar-refractivity contribution in [1.29, 1.82) is 0 Å². The van der Waals surface area contributed by atoms with Gasteiger partial charge in [0.2, 0.25) is 0 Å². The average molecular weight is 212 g/mol. The number of allylic oxidation sites excluding steroid dienone is 1. The second kappa shape index (κ2) is 11.3. The summed E-state index contributed by atoms with van der Waals surface area (Å²) in [4.78, 5) is 10.1. The van der Waals surface area contributed by atoms with E-state index in [1.54, 1.807) is 6.08 Å². The minimum absolute atomic E-state index is 0.838. The van der Waals surface area contributed by atoms with Crippen LogP contribution in [0.4, 0.5) is 0 Å². The molecule has 0 atom stereocenters. The number of aliphatic carboxylic acids is 1. The molecule has 0 aliphatic rings. The first-order chi connectivity index (χ1) is 7.27. The molecule has 0 aromatic rings. The third-order valence-corrected chi connectivity index (χ3v) is 2.48. The van der Waals surface area contributed by atoms with Gasteiger partial charge in [0, 0.05) is 6.08 Å². The molecule has 0 unspecified atom stereocenters. The highest BCUT2D eigenvalue weighted by molar-refractivity contribution is 5.79. The summed E-state index contributed by atoms with van der Waals surface area (Å²) in [6.07, 6.45) is 14.3. The Morgan fingerprint density at radius 1 is 1.00 bits per heavy atom. The third kappa shape index (κ3) is 13.2. The van der Waals surface area contributed by atoms with Crippen molar-refractivity contribution in [1.82, 2.24) is 0 Å². The number of carbonyl (C=O) groups is 1. The highest BCUT2D eigenvalue weighted by atomic mass is 16.4. The van der Waals surface area contributed by atoms with Crippen molar-refractivity contribution < 1.29 is 9.90 Å². The fourth-order valence-corrected chi connectivity index (χ4v) is 1.58. The molecule has 0 rings (SSSR count). The smallest absolute Gasteiger partial charge is 0.327 e. The van der Waals surface area contributed by atoms with E-state index in [2.05, 4.69) is 6.92 Å². The lowest BCUT2D eigenvalue weighted by molar-refractivity contribution is -0.131. The Morgan fingerprint density at radius 2 is 1.53 bits per heavy atom. The summed E-state index contributed by atoms with van der Waals surface area (Å²) in [7, 11) is 0. The summed E-state index contributed by atoms with van der Waals surface area (Å²) in [5.74, 6) is -0.838. The first kappa shape index (κ1) is 14.2. The normalized spacial score (nSPS) is 11.0. The fourth-order valence-electron chi connectivity index (χ4n) is 1.58. The van der Waals surface area contributed by atoms with Gasteiger partial charge in [-0.2, -0.15) is 0 Å². The molecule has 2 heteroatoms. The van der Waals surface area contributed by atoms with Crippen LogP contribution in [0.15, 0.2) is 12.2 Å². The molecule has 0 amide bonds. The number of hydrogen-bond acceptors (Lipinski definition) is 1. The molecule has 1 N–H and O–H groups in total. The van der Waals surface area contributed by atoms with Gasteiger partial charge in [0.15, 0.2) is 0 Å². The van der Waals surface area contributed by atoms with Gasteiger partial charge in [-0.25, -0.2) is 4.79 Å². The van der Waals surface area contributed by atoms with Gasteiger partial charge < -0.3 is 5.11 Å². The molecule has 0 spiro atoms. The Kier molecular flexibility index (Phi) is 10.7. The molecule has 0 aliphatic heterocycles. The molecule has 0 bridgehead atoms. The lowest BCUT2D eigenvalue weighted by atomic mass is 10.1. The molecule has 0 aromatic carbocycles. The van der Waals surface area contributed by atoms with Crippen LogP contribution in [0.25, 0.3) is 0 Å². The minimum Gasteiger partial charge on any atom is -0.478 e. The monoisotopic (exact) mass is 212 g/mol. The van der Waals surface area contributed by atoms with Crippen LogP contribution in [-0.2, 0) is 4.79 Å². The van der Waals surface area contributed by atoms with Crippen molar-refractivity contribution in [3.8, 4) is 0 Å². The quantitative estimate of drug-likeness (QED) is 0.436. The zero-order valence-corrected chi connectivity index (χ0v) is 9.87. The van der Waals surface area contributed by atoms with E-state index in [1.807, 2.05) is 0 Å². The number of carboxylic acid groups (broad SMARTS) is 1. The highest BCUT2D eigenvalue weighted by Crippen LogP contribution is 2.09. The summed E-state index contributed by atoms with van der Waals surface area (Å²) in [6, 6.07) is 0. The van der Waals surface area contributed by atoms with E-state index in [9.17, 15) is 4.79 Å². The van der Waals surface area contributed by atoms with Gasteiger partial charge in [0.05, 0.1) is 0 Å². The first-order valence-electron chi connectivity index (χ1n) is 6.17. The Balaban J connectivity index is 3.02. The van der Waals surface area contributed by atoms with Crippen molar-refractivity contribution in [2.75, 3.05) is 0 Å². The van der Waals surface area contributed by atoms with E-state index in [1.165, 1.54) is 51.0 Å². The fraction of sp³-hybridized carbons (Fsp3) is 0.769. The second-order valence-electron chi connectivity index (χ2n) is 4.00. The first-order valence-corrected chi connectivity index (χ1v) is 6.17. The van der Waals surface area contributed by atoms with Crippen LogP contribution >= 0.6 is 0 Å². The van der Waals surface area contributed by atoms with E-state index < -0.39 is 5.97 Å². The predicted octanol–water partition coefficient (Wildman–Crippen LogP) is 4.16. The zero-order chi connectivity index (χ0) is 11.4. The molecular weight excluding hydrogens is 188 g/mol. The van der Waals surface area contributed by atoms with Gasteiger partial charge in [-0.3, -0.25) is 0 Å². The van der Waals surface area contributed by atoms with Gasteiger partial charge in [-0.15, -0.1) is 0 Å². The maximum Gasteiger partial charge on any atom is 0.327 e. The van der Waals surface area contributed by atoms with Crippen LogP contribution in [0.3, 0.4) is 0 Å². The summed E-state index contributed by atoms with van der Waals surface area (Å²) in [6.45, 7) is 2.23. The molecule has 0 saturated carbocycles. The van der Waals surface area contributed by atoms with Crippen LogP contribution in [-0.4, -0.2) is 11.1 Å². The van der Waals surface area contributed by atoms with E-state index in [4.69, 9.17) is 5.11 Å². The Labute approximate surface area is 93.4 Å². The average Bonchev–Trinajstić information content (AvgIpc) is 2.20. The van der Waals surface area contributed by atoms with Crippen molar-refractivity contribution in [3.05, 3.63) is 12.2 Å². The van der Waals surface area contributed by atoms with Crippen molar-refractivity contribution >= 4 is 5.97 Å². The summed E-state index contributed by atoms with van der Waals surface area (Å²) in [5.41, 5.74) is 0. The minimum atomic E-state index is -0.838. The second-order valence-corrected chi connectivity index (χ2v) is 4.00. The predicted molar refractivity (Wildman–Crippen MR) is 64.0 cm³/mol. The molecule has 0 radical (unpaired) electrons. The number of unbranched alkanes of at least 4 members (excludes halogenated alkanes) is 8. The van der Waals surface area contributed by atoms with Crippen LogP contribution in [0.5, 0.6) is 0 Å². The Bertz CT molecular complexity index is 173. The molecule has 0 heterocycles.